The van der Waals surface area contributed by atoms with Crippen LogP contribution in [-0.2, 0) is 9.59 Å². The van der Waals surface area contributed by atoms with Crippen LogP contribution in [0.15, 0.2) is 60.9 Å². The summed E-state index contributed by atoms with van der Waals surface area (Å²) in [6.07, 6.45) is 11.7. The molecule has 0 bridgehead atoms. The molecular weight excluding hydrogens is 621 g/mol. The minimum atomic E-state index is 0.0328. The first-order valence-electron chi connectivity index (χ1n) is 19.1. The van der Waals surface area contributed by atoms with E-state index in [0.29, 0.717) is 30.6 Å². The van der Waals surface area contributed by atoms with Gasteiger partial charge in [0, 0.05) is 50.9 Å². The third-order valence-electron chi connectivity index (χ3n) is 10.5. The highest BCUT2D eigenvalue weighted by Crippen LogP contribution is 2.34. The van der Waals surface area contributed by atoms with Gasteiger partial charge in [0.2, 0.25) is 11.8 Å². The fourth-order valence-corrected chi connectivity index (χ4v) is 6.94. The third kappa shape index (κ3) is 9.12. The Bertz CT molecular complexity index is 1700. The number of amides is 2. The fourth-order valence-electron chi connectivity index (χ4n) is 6.94. The highest BCUT2D eigenvalue weighted by Gasteiger charge is 2.30. The lowest BCUT2D eigenvalue weighted by Crippen LogP contribution is -2.35. The quantitative estimate of drug-likeness (QED) is 0.110. The molecule has 50 heavy (non-hydrogen) atoms. The van der Waals surface area contributed by atoms with Gasteiger partial charge in [0.15, 0.2) is 0 Å². The van der Waals surface area contributed by atoms with E-state index in [9.17, 15) is 9.59 Å². The lowest BCUT2D eigenvalue weighted by atomic mass is 9.91. The molecule has 2 aromatic carbocycles. The van der Waals surface area contributed by atoms with Crippen LogP contribution in [0.4, 0.5) is 0 Å². The molecule has 2 fully saturated rings. The predicted molar refractivity (Wildman–Crippen MR) is 201 cm³/mol. The Morgan fingerprint density at radius 1 is 0.660 bits per heavy atom. The normalized spacial score (nSPS) is 15.6. The average Bonchev–Trinajstić information content (AvgIpc) is 4.02. The van der Waals surface area contributed by atoms with E-state index in [1.165, 1.54) is 25.7 Å². The summed E-state index contributed by atoms with van der Waals surface area (Å²) in [7, 11) is 0. The fraction of sp³-hybridized carbons (Fsp3) is 0.524. The molecule has 8 nitrogen and oxygen atoms in total. The van der Waals surface area contributed by atoms with Crippen molar-refractivity contribution in [3.63, 3.8) is 0 Å². The van der Waals surface area contributed by atoms with Gasteiger partial charge in [-0.3, -0.25) is 9.59 Å². The number of nitrogens with one attached hydrogen (secondary N) is 2. The molecule has 2 aliphatic carbocycles. The number of carbonyl (C=O) groups is 2. The van der Waals surface area contributed by atoms with Crippen LogP contribution in [0, 0.1) is 17.8 Å². The predicted octanol–water partition coefficient (Wildman–Crippen LogP) is 9.05. The van der Waals surface area contributed by atoms with E-state index >= 15 is 0 Å². The Morgan fingerprint density at radius 3 is 1.52 bits per heavy atom. The number of H-pyrrole nitrogens is 2. The summed E-state index contributed by atoms with van der Waals surface area (Å²) in [5, 5.41) is 0. The van der Waals surface area contributed by atoms with Crippen molar-refractivity contribution < 1.29 is 9.59 Å². The summed E-state index contributed by atoms with van der Waals surface area (Å²) in [6, 6.07) is 17.1. The Balaban J connectivity index is 1.06. The van der Waals surface area contributed by atoms with E-state index < -0.39 is 0 Å². The highest BCUT2D eigenvalue weighted by atomic mass is 16.2. The van der Waals surface area contributed by atoms with Crippen LogP contribution >= 0.6 is 0 Å². The van der Waals surface area contributed by atoms with Crippen molar-refractivity contribution >= 4 is 11.8 Å². The number of hydrogen-bond donors (Lipinski definition) is 2. The zero-order valence-corrected chi connectivity index (χ0v) is 30.8. The van der Waals surface area contributed by atoms with E-state index in [1.54, 1.807) is 0 Å². The summed E-state index contributed by atoms with van der Waals surface area (Å²) < 4.78 is 0. The molecule has 2 atom stereocenters. The first-order chi connectivity index (χ1) is 24.2. The van der Waals surface area contributed by atoms with E-state index in [1.807, 2.05) is 12.4 Å². The molecule has 2 saturated carbocycles. The maximum atomic E-state index is 13.3. The smallest absolute Gasteiger partial charge is 0.223 e. The maximum Gasteiger partial charge on any atom is 0.223 e. The number of aromatic nitrogens is 4. The third-order valence-corrected chi connectivity index (χ3v) is 10.5. The summed E-state index contributed by atoms with van der Waals surface area (Å²) in [5.41, 5.74) is 6.34. The Morgan fingerprint density at radius 2 is 1.08 bits per heavy atom. The molecule has 2 amide bonds. The van der Waals surface area contributed by atoms with Crippen LogP contribution in [0.3, 0.4) is 0 Å². The molecule has 0 unspecified atom stereocenters. The van der Waals surface area contributed by atoms with Gasteiger partial charge in [-0.25, -0.2) is 9.97 Å². The van der Waals surface area contributed by atoms with Crippen LogP contribution in [0.1, 0.15) is 109 Å². The van der Waals surface area contributed by atoms with E-state index in [-0.39, 0.29) is 23.7 Å². The van der Waals surface area contributed by atoms with Gasteiger partial charge in [-0.1, -0.05) is 83.1 Å². The molecule has 6 rings (SSSR count). The lowest BCUT2D eigenvalue weighted by molar-refractivity contribution is -0.132. The number of benzene rings is 2. The zero-order chi connectivity index (χ0) is 35.2. The van der Waals surface area contributed by atoms with E-state index in [4.69, 9.17) is 4.98 Å². The summed E-state index contributed by atoms with van der Waals surface area (Å²) >= 11 is 0. The molecule has 266 valence electrons. The minimum Gasteiger partial charge on any atom is -0.342 e. The Hall–Kier alpha value is -4.20. The van der Waals surface area contributed by atoms with Crippen molar-refractivity contribution in [1.82, 2.24) is 29.7 Å². The van der Waals surface area contributed by atoms with Crippen molar-refractivity contribution in [2.45, 2.75) is 97.8 Å². The number of rotatable bonds is 18. The molecule has 8 heteroatoms. The van der Waals surface area contributed by atoms with Gasteiger partial charge in [-0.05, 0) is 78.5 Å². The Labute approximate surface area is 298 Å². The highest BCUT2D eigenvalue weighted by molar-refractivity contribution is 5.78. The van der Waals surface area contributed by atoms with Crippen LogP contribution < -0.4 is 0 Å². The number of aromatic amines is 2. The van der Waals surface area contributed by atoms with E-state index in [2.05, 4.69) is 108 Å². The van der Waals surface area contributed by atoms with Gasteiger partial charge in [-0.15, -0.1) is 0 Å². The average molecular weight is 677 g/mol. The molecule has 2 aliphatic rings. The minimum absolute atomic E-state index is 0.0328. The van der Waals surface area contributed by atoms with Gasteiger partial charge in [0.1, 0.15) is 11.6 Å². The van der Waals surface area contributed by atoms with Crippen LogP contribution in [0.2, 0.25) is 0 Å². The Kier molecular flexibility index (Phi) is 11.6. The van der Waals surface area contributed by atoms with Crippen LogP contribution in [0.5, 0.6) is 0 Å². The molecular formula is C42H56N6O2. The van der Waals surface area contributed by atoms with Crippen molar-refractivity contribution in [3.8, 4) is 33.6 Å². The second-order valence-electron chi connectivity index (χ2n) is 15.2. The van der Waals surface area contributed by atoms with Gasteiger partial charge in [0.25, 0.3) is 0 Å². The van der Waals surface area contributed by atoms with Crippen molar-refractivity contribution in [1.29, 1.82) is 0 Å². The molecule has 2 heterocycles. The van der Waals surface area contributed by atoms with Gasteiger partial charge >= 0.3 is 0 Å². The number of nitrogens with zero attached hydrogens (tertiary/aromatic N) is 4. The second-order valence-corrected chi connectivity index (χ2v) is 15.2. The SMILES string of the molecule is CCCN(CC1CC1)C(=O)C[C@@H](C)c1ncc(-c2ccc(-c3ccc(-c4cnc([C@@H](CC(=O)N(CCC)CC5CC5)C(C)C)[nH]4)cc3)cc2)[nH]1. The lowest BCUT2D eigenvalue weighted by Gasteiger charge is -2.26. The van der Waals surface area contributed by atoms with Crippen molar-refractivity contribution in [2.24, 2.45) is 17.8 Å². The van der Waals surface area contributed by atoms with Crippen LogP contribution in [0.25, 0.3) is 33.6 Å². The first kappa shape index (κ1) is 35.6. The number of carbonyl (C=O) groups excluding carboxylic acids is 2. The summed E-state index contributed by atoms with van der Waals surface area (Å²) in [5.74, 6) is 4.01. The molecule has 2 N–H and O–H groups in total. The van der Waals surface area contributed by atoms with Crippen LogP contribution in [-0.4, -0.2) is 67.7 Å². The van der Waals surface area contributed by atoms with E-state index in [0.717, 1.165) is 84.3 Å². The molecule has 0 spiro atoms. The van der Waals surface area contributed by atoms with Gasteiger partial charge < -0.3 is 19.8 Å². The van der Waals surface area contributed by atoms with Crippen molar-refractivity contribution in [2.75, 3.05) is 26.2 Å². The maximum absolute atomic E-state index is 13.3. The summed E-state index contributed by atoms with van der Waals surface area (Å²) in [6.45, 7) is 14.2. The zero-order valence-electron chi connectivity index (χ0n) is 30.8. The number of imidazole rings is 2. The standard InChI is InChI=1S/C42H56N6O2/c1-6-20-47(26-30-8-9-30)39(49)22-29(5)41-43-24-37(45-41)34-16-12-32(13-17-34)33-14-18-35(19-15-33)38-25-44-42(46-38)36(28(3)4)23-40(50)48(21-7-2)27-31-10-11-31/h12-19,24-25,28-31,36H,6-11,20-23,26-27H2,1-5H3,(H,43,45)(H,44,46)/t29-,36+/m1/s1. The molecule has 0 aliphatic heterocycles. The molecule has 2 aromatic heterocycles. The largest absolute Gasteiger partial charge is 0.342 e. The molecule has 4 aromatic rings. The second kappa shape index (κ2) is 16.2. The summed E-state index contributed by atoms with van der Waals surface area (Å²) in [4.78, 5) is 47.0. The topological polar surface area (TPSA) is 98.0 Å². The molecule has 0 saturated heterocycles. The van der Waals surface area contributed by atoms with Gasteiger partial charge in [-0.2, -0.15) is 0 Å². The van der Waals surface area contributed by atoms with Gasteiger partial charge in [0.05, 0.1) is 23.8 Å². The number of hydrogen-bond acceptors (Lipinski definition) is 4. The monoisotopic (exact) mass is 676 g/mol. The van der Waals surface area contributed by atoms with Crippen molar-refractivity contribution in [3.05, 3.63) is 72.6 Å². The molecule has 0 radical (unpaired) electrons. The first-order valence-corrected chi connectivity index (χ1v) is 19.1.